The van der Waals surface area contributed by atoms with Gasteiger partial charge in [-0.25, -0.2) is 9.59 Å². The van der Waals surface area contributed by atoms with Crippen LogP contribution in [0.4, 0.5) is 4.79 Å². The third-order valence-corrected chi connectivity index (χ3v) is 5.76. The SMILES string of the molecule is COCC(NC(=O)OCC1c2ccccc2-c2ccccc21)C(=O)N[C@@H](CCC(=O)OC)C(=O)O. The summed E-state index contributed by atoms with van der Waals surface area (Å²) in [6.07, 6.45) is -1.20. The Bertz CT molecular complexity index is 1040. The Labute approximate surface area is 202 Å². The minimum absolute atomic E-state index is 0.0536. The molecule has 2 atom stereocenters. The summed E-state index contributed by atoms with van der Waals surface area (Å²) in [5.74, 6) is -2.86. The van der Waals surface area contributed by atoms with E-state index in [0.29, 0.717) is 0 Å². The molecule has 0 saturated carbocycles. The zero-order valence-electron chi connectivity index (χ0n) is 19.5. The molecule has 0 saturated heterocycles. The van der Waals surface area contributed by atoms with Crippen LogP contribution in [0, 0.1) is 0 Å². The number of carbonyl (C=O) groups excluding carboxylic acids is 3. The van der Waals surface area contributed by atoms with Gasteiger partial charge in [0.1, 0.15) is 18.7 Å². The Morgan fingerprint density at radius 1 is 0.914 bits per heavy atom. The number of methoxy groups -OCH3 is 2. The molecule has 1 aliphatic rings. The lowest BCUT2D eigenvalue weighted by Crippen LogP contribution is -2.53. The molecule has 0 aliphatic heterocycles. The van der Waals surface area contributed by atoms with Gasteiger partial charge in [-0.15, -0.1) is 0 Å². The molecule has 2 amide bonds. The summed E-state index contributed by atoms with van der Waals surface area (Å²) >= 11 is 0. The second kappa shape index (κ2) is 12.0. The van der Waals surface area contributed by atoms with Crippen molar-refractivity contribution in [1.29, 1.82) is 0 Å². The number of esters is 1. The van der Waals surface area contributed by atoms with Crippen LogP contribution in [0.3, 0.4) is 0 Å². The van der Waals surface area contributed by atoms with Gasteiger partial charge >= 0.3 is 18.0 Å². The van der Waals surface area contributed by atoms with Crippen LogP contribution in [-0.4, -0.2) is 68.6 Å². The maximum atomic E-state index is 12.6. The summed E-state index contributed by atoms with van der Waals surface area (Å²) in [5.41, 5.74) is 4.26. The fourth-order valence-corrected chi connectivity index (χ4v) is 4.03. The minimum Gasteiger partial charge on any atom is -0.480 e. The molecule has 1 aliphatic carbocycles. The molecule has 0 bridgehead atoms. The number of carboxylic acids is 1. The highest BCUT2D eigenvalue weighted by atomic mass is 16.5. The Balaban J connectivity index is 1.61. The van der Waals surface area contributed by atoms with Crippen molar-refractivity contribution in [3.8, 4) is 11.1 Å². The molecule has 3 N–H and O–H groups in total. The number of rotatable bonds is 11. The molecule has 10 nitrogen and oxygen atoms in total. The lowest BCUT2D eigenvalue weighted by molar-refractivity contribution is -0.144. The molecule has 35 heavy (non-hydrogen) atoms. The molecule has 10 heteroatoms. The van der Waals surface area contributed by atoms with Gasteiger partial charge in [-0.05, 0) is 28.7 Å². The van der Waals surface area contributed by atoms with E-state index in [1.807, 2.05) is 48.5 Å². The van der Waals surface area contributed by atoms with Gasteiger partial charge in [0.05, 0.1) is 13.7 Å². The Morgan fingerprint density at radius 2 is 1.51 bits per heavy atom. The maximum Gasteiger partial charge on any atom is 0.407 e. The van der Waals surface area contributed by atoms with Crippen molar-refractivity contribution in [2.75, 3.05) is 27.4 Å². The first-order valence-electron chi connectivity index (χ1n) is 11.1. The van der Waals surface area contributed by atoms with Crippen LogP contribution in [0.25, 0.3) is 11.1 Å². The quantitative estimate of drug-likeness (QED) is 0.412. The van der Waals surface area contributed by atoms with E-state index in [4.69, 9.17) is 9.47 Å². The van der Waals surface area contributed by atoms with Crippen molar-refractivity contribution in [3.05, 3.63) is 59.7 Å². The zero-order valence-corrected chi connectivity index (χ0v) is 19.5. The number of alkyl carbamates (subject to hydrolysis) is 1. The van der Waals surface area contributed by atoms with Crippen LogP contribution in [0.15, 0.2) is 48.5 Å². The minimum atomic E-state index is -1.34. The van der Waals surface area contributed by atoms with Crippen molar-refractivity contribution in [2.24, 2.45) is 0 Å². The number of amides is 2. The Kier molecular flexibility index (Phi) is 8.80. The summed E-state index contributed by atoms with van der Waals surface area (Å²) < 4.78 is 15.0. The molecular formula is C25H28N2O8. The summed E-state index contributed by atoms with van der Waals surface area (Å²) in [7, 11) is 2.52. The second-order valence-electron chi connectivity index (χ2n) is 7.99. The van der Waals surface area contributed by atoms with Crippen LogP contribution < -0.4 is 10.6 Å². The van der Waals surface area contributed by atoms with E-state index >= 15 is 0 Å². The number of carboxylic acid groups (broad SMARTS) is 1. The number of benzene rings is 2. The molecule has 3 rings (SSSR count). The van der Waals surface area contributed by atoms with Gasteiger partial charge in [-0.1, -0.05) is 48.5 Å². The van der Waals surface area contributed by atoms with Gasteiger partial charge in [0.2, 0.25) is 5.91 Å². The van der Waals surface area contributed by atoms with E-state index in [1.54, 1.807) is 0 Å². The third-order valence-electron chi connectivity index (χ3n) is 5.76. The number of hydrogen-bond donors (Lipinski definition) is 3. The van der Waals surface area contributed by atoms with Crippen LogP contribution in [-0.2, 0) is 28.6 Å². The number of hydrogen-bond acceptors (Lipinski definition) is 7. The van der Waals surface area contributed by atoms with E-state index in [0.717, 1.165) is 22.3 Å². The van der Waals surface area contributed by atoms with Crippen molar-refractivity contribution in [3.63, 3.8) is 0 Å². The predicted molar refractivity (Wildman–Crippen MR) is 125 cm³/mol. The highest BCUT2D eigenvalue weighted by molar-refractivity contribution is 5.89. The van der Waals surface area contributed by atoms with Gasteiger partial charge in [0.25, 0.3) is 0 Å². The van der Waals surface area contributed by atoms with E-state index in [2.05, 4.69) is 15.4 Å². The molecule has 0 spiro atoms. The molecular weight excluding hydrogens is 456 g/mol. The Morgan fingerprint density at radius 3 is 2.06 bits per heavy atom. The number of ether oxygens (including phenoxy) is 3. The van der Waals surface area contributed by atoms with E-state index < -0.39 is 36.0 Å². The van der Waals surface area contributed by atoms with Gasteiger partial charge < -0.3 is 30.0 Å². The molecule has 2 aromatic carbocycles. The van der Waals surface area contributed by atoms with Crippen molar-refractivity contribution < 1.29 is 38.5 Å². The molecule has 0 fully saturated rings. The number of aliphatic carboxylic acids is 1. The monoisotopic (exact) mass is 484 g/mol. The fraction of sp³-hybridized carbons (Fsp3) is 0.360. The van der Waals surface area contributed by atoms with E-state index in [1.165, 1.54) is 14.2 Å². The van der Waals surface area contributed by atoms with E-state index in [9.17, 15) is 24.3 Å². The molecule has 0 heterocycles. The van der Waals surface area contributed by atoms with Gasteiger partial charge in [-0.2, -0.15) is 0 Å². The van der Waals surface area contributed by atoms with Crippen LogP contribution >= 0.6 is 0 Å². The van der Waals surface area contributed by atoms with Crippen molar-refractivity contribution in [1.82, 2.24) is 10.6 Å². The molecule has 186 valence electrons. The van der Waals surface area contributed by atoms with Crippen LogP contribution in [0.5, 0.6) is 0 Å². The number of carbonyl (C=O) groups is 4. The maximum absolute atomic E-state index is 12.6. The van der Waals surface area contributed by atoms with Crippen molar-refractivity contribution >= 4 is 23.9 Å². The molecule has 2 aromatic rings. The first kappa shape index (κ1) is 25.7. The number of nitrogens with one attached hydrogen (secondary N) is 2. The highest BCUT2D eigenvalue weighted by Gasteiger charge is 2.31. The third kappa shape index (κ3) is 6.36. The first-order valence-corrected chi connectivity index (χ1v) is 11.1. The number of fused-ring (bicyclic) bond motifs is 3. The lowest BCUT2D eigenvalue weighted by Gasteiger charge is -2.21. The fourth-order valence-electron chi connectivity index (χ4n) is 4.03. The zero-order chi connectivity index (χ0) is 25.4. The predicted octanol–water partition coefficient (Wildman–Crippen LogP) is 2.06. The van der Waals surface area contributed by atoms with Gasteiger partial charge in [0, 0.05) is 19.4 Å². The Hall–Kier alpha value is -3.92. The molecule has 1 unspecified atom stereocenters. The van der Waals surface area contributed by atoms with Crippen LogP contribution in [0.2, 0.25) is 0 Å². The molecule has 0 radical (unpaired) electrons. The summed E-state index contributed by atoms with van der Waals surface area (Å²) in [5, 5.41) is 14.1. The smallest absolute Gasteiger partial charge is 0.407 e. The van der Waals surface area contributed by atoms with Crippen molar-refractivity contribution in [2.45, 2.75) is 30.8 Å². The second-order valence-corrected chi connectivity index (χ2v) is 7.99. The first-order chi connectivity index (χ1) is 16.8. The van der Waals surface area contributed by atoms with E-state index in [-0.39, 0.29) is 32.0 Å². The standard InChI is InChI=1S/C25H28N2O8/c1-33-14-21(23(29)26-20(24(30)31)11-12-22(28)34-2)27-25(32)35-13-19-17-9-5-3-7-15(17)16-8-4-6-10-18(16)19/h3-10,19-21H,11-14H2,1-2H3,(H,26,29)(H,27,32)(H,30,31)/t20-,21?/m0/s1. The summed E-state index contributed by atoms with van der Waals surface area (Å²) in [6, 6.07) is 13.2. The lowest BCUT2D eigenvalue weighted by atomic mass is 9.98. The topological polar surface area (TPSA) is 140 Å². The van der Waals surface area contributed by atoms with Gasteiger partial charge in [0.15, 0.2) is 0 Å². The van der Waals surface area contributed by atoms with Gasteiger partial charge in [-0.3, -0.25) is 9.59 Å². The van der Waals surface area contributed by atoms with Crippen LogP contribution in [0.1, 0.15) is 29.9 Å². The normalized spacial score (nSPS) is 13.7. The average Bonchev–Trinajstić information content (AvgIpc) is 3.18. The average molecular weight is 485 g/mol. The summed E-state index contributed by atoms with van der Waals surface area (Å²) in [4.78, 5) is 48.0. The molecule has 0 aromatic heterocycles. The summed E-state index contributed by atoms with van der Waals surface area (Å²) in [6.45, 7) is -0.155. The highest BCUT2D eigenvalue weighted by Crippen LogP contribution is 2.44. The largest absolute Gasteiger partial charge is 0.480 e.